The zero-order chi connectivity index (χ0) is 16.4. The Hall–Kier alpha value is -1.66. The van der Waals surface area contributed by atoms with Crippen LogP contribution in [0.4, 0.5) is 5.69 Å². The van der Waals surface area contributed by atoms with Crippen LogP contribution in [0, 0.1) is 0 Å². The third kappa shape index (κ3) is 3.13. The topological polar surface area (TPSA) is 54.9 Å². The van der Waals surface area contributed by atoms with Crippen LogP contribution in [0.5, 0.6) is 0 Å². The van der Waals surface area contributed by atoms with Gasteiger partial charge in [-0.25, -0.2) is 4.98 Å². The first kappa shape index (κ1) is 15.8. The number of hydrogen-bond acceptors (Lipinski definition) is 5. The van der Waals surface area contributed by atoms with Crippen molar-refractivity contribution in [3.05, 3.63) is 24.0 Å². The van der Waals surface area contributed by atoms with Gasteiger partial charge in [-0.1, -0.05) is 0 Å². The third-order valence-corrected chi connectivity index (χ3v) is 5.31. The molecular formula is C18H25N3O3. The summed E-state index contributed by atoms with van der Waals surface area (Å²) in [5, 5.41) is 0. The van der Waals surface area contributed by atoms with Gasteiger partial charge >= 0.3 is 0 Å². The van der Waals surface area contributed by atoms with E-state index in [9.17, 15) is 4.79 Å². The number of likely N-dealkylation sites (tertiary alicyclic amines) is 1. The second kappa shape index (κ2) is 6.69. The molecule has 3 fully saturated rings. The van der Waals surface area contributed by atoms with Gasteiger partial charge in [-0.3, -0.25) is 4.79 Å². The number of ether oxygens (including phenoxy) is 2. The van der Waals surface area contributed by atoms with Crippen LogP contribution in [0.2, 0.25) is 0 Å². The predicted octanol–water partition coefficient (Wildman–Crippen LogP) is 2.05. The van der Waals surface area contributed by atoms with E-state index in [0.29, 0.717) is 18.9 Å². The number of aromatic nitrogens is 1. The lowest BCUT2D eigenvalue weighted by molar-refractivity contribution is -0.169. The first-order valence-electron chi connectivity index (χ1n) is 9.04. The molecular weight excluding hydrogens is 306 g/mol. The van der Waals surface area contributed by atoms with Crippen molar-refractivity contribution in [1.82, 2.24) is 9.88 Å². The Labute approximate surface area is 142 Å². The summed E-state index contributed by atoms with van der Waals surface area (Å²) in [7, 11) is 0. The Bertz CT molecular complexity index is 568. The van der Waals surface area contributed by atoms with Crippen molar-refractivity contribution in [1.29, 1.82) is 0 Å². The molecule has 0 radical (unpaired) electrons. The van der Waals surface area contributed by atoms with Gasteiger partial charge in [0.05, 0.1) is 25.1 Å². The summed E-state index contributed by atoms with van der Waals surface area (Å²) in [5.74, 6) is -0.291. The van der Waals surface area contributed by atoms with Crippen LogP contribution >= 0.6 is 0 Å². The molecule has 0 N–H and O–H groups in total. The van der Waals surface area contributed by atoms with Crippen molar-refractivity contribution in [3.8, 4) is 0 Å². The Kier molecular flexibility index (Phi) is 4.41. The van der Waals surface area contributed by atoms with E-state index >= 15 is 0 Å². The first-order chi connectivity index (χ1) is 11.8. The summed E-state index contributed by atoms with van der Waals surface area (Å²) in [5.41, 5.74) is 1.62. The highest BCUT2D eigenvalue weighted by Gasteiger charge is 2.39. The van der Waals surface area contributed by atoms with Crippen molar-refractivity contribution in [2.45, 2.75) is 37.9 Å². The van der Waals surface area contributed by atoms with Crippen LogP contribution in [-0.4, -0.2) is 61.0 Å². The molecule has 130 valence electrons. The van der Waals surface area contributed by atoms with Crippen molar-refractivity contribution >= 4 is 11.6 Å². The van der Waals surface area contributed by atoms with Crippen LogP contribution < -0.4 is 4.90 Å². The van der Waals surface area contributed by atoms with E-state index in [0.717, 1.165) is 57.5 Å². The highest BCUT2D eigenvalue weighted by Crippen LogP contribution is 2.33. The monoisotopic (exact) mass is 331 g/mol. The Balaban J connectivity index is 1.38. The minimum absolute atomic E-state index is 0.0617. The van der Waals surface area contributed by atoms with E-state index < -0.39 is 0 Å². The number of hydrogen-bond donors (Lipinski definition) is 0. The van der Waals surface area contributed by atoms with Crippen LogP contribution in [0.3, 0.4) is 0 Å². The maximum absolute atomic E-state index is 12.5. The molecule has 3 saturated heterocycles. The van der Waals surface area contributed by atoms with Crippen molar-refractivity contribution in [3.63, 3.8) is 0 Å². The number of pyridine rings is 1. The summed E-state index contributed by atoms with van der Waals surface area (Å²) in [6, 6.07) is 3.87. The number of nitrogens with zero attached hydrogens (tertiary/aromatic N) is 3. The van der Waals surface area contributed by atoms with E-state index in [1.807, 2.05) is 23.2 Å². The second-order valence-electron chi connectivity index (χ2n) is 6.85. The van der Waals surface area contributed by atoms with Gasteiger partial charge in [0, 0.05) is 39.0 Å². The number of anilines is 1. The molecule has 3 aliphatic heterocycles. The maximum atomic E-state index is 12.5. The molecule has 0 bridgehead atoms. The average Bonchev–Trinajstić information content (AvgIpc) is 3.11. The Morgan fingerprint density at radius 3 is 2.33 bits per heavy atom. The fraction of sp³-hybridized carbons (Fsp3) is 0.667. The van der Waals surface area contributed by atoms with Gasteiger partial charge < -0.3 is 19.3 Å². The summed E-state index contributed by atoms with van der Waals surface area (Å²) >= 11 is 0. The molecule has 1 spiro atoms. The number of carbonyl (C=O) groups is 1. The normalized spacial score (nSPS) is 23.7. The fourth-order valence-electron chi connectivity index (χ4n) is 3.85. The zero-order valence-electron chi connectivity index (χ0n) is 14.1. The van der Waals surface area contributed by atoms with Gasteiger partial charge in [0.15, 0.2) is 5.79 Å². The fourth-order valence-corrected chi connectivity index (χ4v) is 3.85. The minimum atomic E-state index is -0.353. The molecule has 24 heavy (non-hydrogen) atoms. The molecule has 6 heteroatoms. The first-order valence-corrected chi connectivity index (χ1v) is 9.04. The van der Waals surface area contributed by atoms with E-state index in [4.69, 9.17) is 9.47 Å². The van der Waals surface area contributed by atoms with Gasteiger partial charge in [0.2, 0.25) is 0 Å². The van der Waals surface area contributed by atoms with Crippen LogP contribution in [0.25, 0.3) is 0 Å². The lowest BCUT2D eigenvalue weighted by Crippen LogP contribution is -2.45. The highest BCUT2D eigenvalue weighted by atomic mass is 16.7. The molecule has 1 aromatic heterocycles. The van der Waals surface area contributed by atoms with Crippen molar-refractivity contribution in [2.24, 2.45) is 0 Å². The quantitative estimate of drug-likeness (QED) is 0.830. The smallest absolute Gasteiger partial charge is 0.272 e. The van der Waals surface area contributed by atoms with Gasteiger partial charge in [0.25, 0.3) is 5.91 Å². The number of amides is 1. The molecule has 0 saturated carbocycles. The van der Waals surface area contributed by atoms with Gasteiger partial charge in [-0.05, 0) is 31.4 Å². The van der Waals surface area contributed by atoms with E-state index in [1.54, 1.807) is 0 Å². The number of carbonyl (C=O) groups excluding carboxylic acids is 1. The molecule has 4 heterocycles. The van der Waals surface area contributed by atoms with Crippen molar-refractivity contribution in [2.75, 3.05) is 44.3 Å². The van der Waals surface area contributed by atoms with E-state index in [2.05, 4.69) is 9.88 Å². The Morgan fingerprint density at radius 2 is 1.71 bits per heavy atom. The summed E-state index contributed by atoms with van der Waals surface area (Å²) in [4.78, 5) is 21.1. The third-order valence-electron chi connectivity index (χ3n) is 5.31. The zero-order valence-corrected chi connectivity index (χ0v) is 14.1. The molecule has 0 aliphatic carbocycles. The second-order valence-corrected chi connectivity index (χ2v) is 6.85. The van der Waals surface area contributed by atoms with Crippen LogP contribution in [0.1, 0.15) is 42.6 Å². The van der Waals surface area contributed by atoms with Gasteiger partial charge in [-0.2, -0.15) is 0 Å². The molecule has 4 rings (SSSR count). The highest BCUT2D eigenvalue weighted by molar-refractivity contribution is 5.92. The van der Waals surface area contributed by atoms with Crippen molar-refractivity contribution < 1.29 is 14.3 Å². The summed E-state index contributed by atoms with van der Waals surface area (Å²) < 4.78 is 11.5. The lowest BCUT2D eigenvalue weighted by atomic mass is 10.0. The summed E-state index contributed by atoms with van der Waals surface area (Å²) in [6.45, 7) is 4.90. The molecule has 3 aliphatic rings. The largest absolute Gasteiger partial charge is 0.370 e. The number of piperidine rings is 2. The minimum Gasteiger partial charge on any atom is -0.370 e. The number of rotatable bonds is 2. The SMILES string of the molecule is O=C(c1ccc(N2CCC3(CC2)OCCO3)cn1)N1CCCCC1. The standard InChI is InChI=1S/C18H25N3O3/c22-17(21-8-2-1-3-9-21)16-5-4-15(14-19-16)20-10-6-18(7-11-20)23-12-13-24-18/h4-5,14H,1-3,6-13H2. The van der Waals surface area contributed by atoms with Gasteiger partial charge in [-0.15, -0.1) is 0 Å². The molecule has 0 atom stereocenters. The average molecular weight is 331 g/mol. The van der Waals surface area contributed by atoms with E-state index in [-0.39, 0.29) is 11.7 Å². The molecule has 6 nitrogen and oxygen atoms in total. The molecule has 0 unspecified atom stereocenters. The summed E-state index contributed by atoms with van der Waals surface area (Å²) in [6.07, 6.45) is 7.00. The predicted molar refractivity (Wildman–Crippen MR) is 90.1 cm³/mol. The van der Waals surface area contributed by atoms with Crippen LogP contribution in [-0.2, 0) is 9.47 Å². The maximum Gasteiger partial charge on any atom is 0.272 e. The molecule has 1 amide bonds. The molecule has 1 aromatic rings. The lowest BCUT2D eigenvalue weighted by Gasteiger charge is -2.38. The van der Waals surface area contributed by atoms with Gasteiger partial charge in [0.1, 0.15) is 5.69 Å². The van der Waals surface area contributed by atoms with E-state index in [1.165, 1.54) is 6.42 Å². The molecule has 0 aromatic carbocycles. The Morgan fingerprint density at radius 1 is 1.00 bits per heavy atom. The van der Waals surface area contributed by atoms with Crippen LogP contribution in [0.15, 0.2) is 18.3 Å².